The quantitative estimate of drug-likeness (QED) is 0.796. The monoisotopic (exact) mass is 315 g/mol. The summed E-state index contributed by atoms with van der Waals surface area (Å²) >= 11 is 3.47. The molecule has 6 heteroatoms. The van der Waals surface area contributed by atoms with Crippen molar-refractivity contribution >= 4 is 21.7 Å². The molecule has 1 aromatic rings. The average Bonchev–Trinajstić information content (AvgIpc) is 2.40. The van der Waals surface area contributed by atoms with Gasteiger partial charge in [0.05, 0.1) is 31.4 Å². The van der Waals surface area contributed by atoms with E-state index >= 15 is 0 Å². The molecule has 0 bridgehead atoms. The molecule has 0 aromatic carbocycles. The Labute approximate surface area is 116 Å². The molecule has 0 radical (unpaired) electrons. The molecule has 2 heterocycles. The van der Waals surface area contributed by atoms with Gasteiger partial charge in [-0.2, -0.15) is 0 Å². The van der Waals surface area contributed by atoms with Crippen LogP contribution in [-0.2, 0) is 4.74 Å². The number of hydrogen-bond acceptors (Lipinski definition) is 5. The molecular weight excluding hydrogens is 298 g/mol. The number of alkyl halides is 1. The molecule has 2 atom stereocenters. The van der Waals surface area contributed by atoms with Crippen molar-refractivity contribution in [2.75, 3.05) is 30.5 Å². The van der Waals surface area contributed by atoms with Gasteiger partial charge in [-0.1, -0.05) is 15.9 Å². The first-order valence-electron chi connectivity index (χ1n) is 5.97. The fourth-order valence-electron chi connectivity index (χ4n) is 2.13. The standard InChI is InChI=1S/C12H18BrN3O2/c1-8-6-18-10(4-13)5-16(8)11-9(2)12(17-3)15-7-14-11/h7-8,10H,4-6H2,1-3H3. The first-order chi connectivity index (χ1) is 8.67. The zero-order valence-corrected chi connectivity index (χ0v) is 12.5. The van der Waals surface area contributed by atoms with Crippen LogP contribution >= 0.6 is 15.9 Å². The van der Waals surface area contributed by atoms with Crippen LogP contribution in [0.2, 0.25) is 0 Å². The van der Waals surface area contributed by atoms with E-state index in [0.29, 0.717) is 18.5 Å². The van der Waals surface area contributed by atoms with E-state index in [-0.39, 0.29) is 6.10 Å². The second-order valence-corrected chi connectivity index (χ2v) is 5.09. The third-order valence-electron chi connectivity index (χ3n) is 3.15. The van der Waals surface area contributed by atoms with E-state index in [1.807, 2.05) is 6.92 Å². The summed E-state index contributed by atoms with van der Waals surface area (Å²) in [5.74, 6) is 1.57. The molecule has 18 heavy (non-hydrogen) atoms. The first-order valence-corrected chi connectivity index (χ1v) is 7.09. The lowest BCUT2D eigenvalue weighted by Gasteiger charge is -2.38. The smallest absolute Gasteiger partial charge is 0.221 e. The average molecular weight is 316 g/mol. The molecule has 100 valence electrons. The zero-order chi connectivity index (χ0) is 13.1. The molecule has 5 nitrogen and oxygen atoms in total. The number of rotatable bonds is 3. The fourth-order valence-corrected chi connectivity index (χ4v) is 2.52. The summed E-state index contributed by atoms with van der Waals surface area (Å²) in [6, 6.07) is 0.304. The topological polar surface area (TPSA) is 47.5 Å². The summed E-state index contributed by atoms with van der Waals surface area (Å²) in [5.41, 5.74) is 0.974. The Hall–Kier alpha value is -0.880. The number of hydrogen-bond donors (Lipinski definition) is 0. The van der Waals surface area contributed by atoms with Crippen LogP contribution in [0, 0.1) is 6.92 Å². The maximum Gasteiger partial charge on any atom is 0.221 e. The van der Waals surface area contributed by atoms with Crippen molar-refractivity contribution in [2.24, 2.45) is 0 Å². The summed E-state index contributed by atoms with van der Waals surface area (Å²) in [5, 5.41) is 0.831. The third kappa shape index (κ3) is 2.59. The lowest BCUT2D eigenvalue weighted by Crippen LogP contribution is -2.49. The molecule has 1 aliphatic heterocycles. The van der Waals surface area contributed by atoms with Crippen molar-refractivity contribution in [3.05, 3.63) is 11.9 Å². The highest BCUT2D eigenvalue weighted by atomic mass is 79.9. The molecule has 1 aliphatic rings. The Morgan fingerprint density at radius 1 is 1.56 bits per heavy atom. The number of morpholine rings is 1. The number of aromatic nitrogens is 2. The van der Waals surface area contributed by atoms with Crippen molar-refractivity contribution in [3.63, 3.8) is 0 Å². The van der Waals surface area contributed by atoms with Gasteiger partial charge in [-0.25, -0.2) is 9.97 Å². The van der Waals surface area contributed by atoms with Crippen LogP contribution in [0.15, 0.2) is 6.33 Å². The van der Waals surface area contributed by atoms with E-state index in [0.717, 1.165) is 23.3 Å². The van der Waals surface area contributed by atoms with E-state index in [2.05, 4.69) is 37.7 Å². The maximum atomic E-state index is 5.72. The molecule has 0 saturated carbocycles. The normalized spacial score (nSPS) is 24.1. The lowest BCUT2D eigenvalue weighted by atomic mass is 10.2. The molecule has 1 saturated heterocycles. The first kappa shape index (κ1) is 13.5. The molecule has 0 N–H and O–H groups in total. The fraction of sp³-hybridized carbons (Fsp3) is 0.667. The highest BCUT2D eigenvalue weighted by molar-refractivity contribution is 9.09. The van der Waals surface area contributed by atoms with Crippen LogP contribution in [0.3, 0.4) is 0 Å². The molecule has 0 spiro atoms. The van der Waals surface area contributed by atoms with E-state index in [9.17, 15) is 0 Å². The van der Waals surface area contributed by atoms with Crippen molar-refractivity contribution in [1.82, 2.24) is 9.97 Å². The Morgan fingerprint density at radius 3 is 3.00 bits per heavy atom. The van der Waals surface area contributed by atoms with Gasteiger partial charge in [-0.15, -0.1) is 0 Å². The van der Waals surface area contributed by atoms with Crippen LogP contribution in [0.25, 0.3) is 0 Å². The third-order valence-corrected chi connectivity index (χ3v) is 3.88. The van der Waals surface area contributed by atoms with Gasteiger partial charge in [0, 0.05) is 11.9 Å². The van der Waals surface area contributed by atoms with Gasteiger partial charge in [-0.05, 0) is 13.8 Å². The lowest BCUT2D eigenvalue weighted by molar-refractivity contribution is 0.0375. The van der Waals surface area contributed by atoms with Crippen LogP contribution < -0.4 is 9.64 Å². The van der Waals surface area contributed by atoms with Gasteiger partial charge in [0.15, 0.2) is 0 Å². The minimum atomic E-state index is 0.196. The molecule has 1 aromatic heterocycles. The molecule has 1 fully saturated rings. The molecule has 0 amide bonds. The Bertz CT molecular complexity index is 416. The summed E-state index contributed by atoms with van der Waals surface area (Å²) in [7, 11) is 1.63. The van der Waals surface area contributed by atoms with E-state index < -0.39 is 0 Å². The van der Waals surface area contributed by atoms with E-state index in [1.165, 1.54) is 0 Å². The van der Waals surface area contributed by atoms with E-state index in [4.69, 9.17) is 9.47 Å². The van der Waals surface area contributed by atoms with Crippen molar-refractivity contribution < 1.29 is 9.47 Å². The highest BCUT2D eigenvalue weighted by Gasteiger charge is 2.28. The van der Waals surface area contributed by atoms with Gasteiger partial charge in [0.2, 0.25) is 5.88 Å². The van der Waals surface area contributed by atoms with Gasteiger partial charge in [-0.3, -0.25) is 0 Å². The Kier molecular flexibility index (Phi) is 4.40. The maximum absolute atomic E-state index is 5.72. The zero-order valence-electron chi connectivity index (χ0n) is 10.9. The van der Waals surface area contributed by atoms with Crippen LogP contribution in [0.4, 0.5) is 5.82 Å². The number of ether oxygens (including phenoxy) is 2. The van der Waals surface area contributed by atoms with Gasteiger partial charge in [0.25, 0.3) is 0 Å². The van der Waals surface area contributed by atoms with Gasteiger partial charge in [0.1, 0.15) is 12.1 Å². The SMILES string of the molecule is COc1ncnc(N2CC(CBr)OCC2C)c1C. The predicted octanol–water partition coefficient (Wildman–Crippen LogP) is 1.78. The second-order valence-electron chi connectivity index (χ2n) is 4.44. The molecule has 0 aliphatic carbocycles. The molecule has 2 rings (SSSR count). The van der Waals surface area contributed by atoms with Crippen molar-refractivity contribution in [1.29, 1.82) is 0 Å². The van der Waals surface area contributed by atoms with Crippen molar-refractivity contribution in [2.45, 2.75) is 26.0 Å². The van der Waals surface area contributed by atoms with Gasteiger partial charge < -0.3 is 14.4 Å². The number of anilines is 1. The number of nitrogens with zero attached hydrogens (tertiary/aromatic N) is 3. The number of halogens is 1. The summed E-state index contributed by atoms with van der Waals surface area (Å²) in [6.07, 6.45) is 1.74. The van der Waals surface area contributed by atoms with Crippen LogP contribution in [0.1, 0.15) is 12.5 Å². The summed E-state index contributed by atoms with van der Waals surface area (Å²) in [4.78, 5) is 10.8. The molecular formula is C12H18BrN3O2. The highest BCUT2D eigenvalue weighted by Crippen LogP contribution is 2.27. The second kappa shape index (κ2) is 5.84. The number of methoxy groups -OCH3 is 1. The summed E-state index contributed by atoms with van der Waals surface area (Å²) in [6.45, 7) is 5.66. The largest absolute Gasteiger partial charge is 0.481 e. The van der Waals surface area contributed by atoms with Gasteiger partial charge >= 0.3 is 0 Å². The Morgan fingerprint density at radius 2 is 2.33 bits per heavy atom. The van der Waals surface area contributed by atoms with E-state index in [1.54, 1.807) is 13.4 Å². The van der Waals surface area contributed by atoms with Crippen LogP contribution in [-0.4, -0.2) is 47.7 Å². The summed E-state index contributed by atoms with van der Waals surface area (Å²) < 4.78 is 11.0. The Balaban J connectivity index is 2.28. The minimum Gasteiger partial charge on any atom is -0.481 e. The molecule has 2 unspecified atom stereocenters. The van der Waals surface area contributed by atoms with Crippen molar-refractivity contribution in [3.8, 4) is 5.88 Å². The predicted molar refractivity (Wildman–Crippen MR) is 73.7 cm³/mol. The van der Waals surface area contributed by atoms with Crippen LogP contribution in [0.5, 0.6) is 5.88 Å². The minimum absolute atomic E-state index is 0.196.